The van der Waals surface area contributed by atoms with Gasteiger partial charge in [0.1, 0.15) is 5.75 Å². The van der Waals surface area contributed by atoms with Crippen LogP contribution in [-0.4, -0.2) is 38.3 Å². The molecule has 0 saturated carbocycles. The second kappa shape index (κ2) is 8.15. The largest absolute Gasteiger partial charge is 0.496 e. The van der Waals surface area contributed by atoms with Crippen LogP contribution in [0, 0.1) is 0 Å². The van der Waals surface area contributed by atoms with Crippen molar-refractivity contribution < 1.29 is 9.47 Å². The molecule has 0 bridgehead atoms. The van der Waals surface area contributed by atoms with Crippen LogP contribution in [0.1, 0.15) is 25.0 Å². The fourth-order valence-corrected chi connectivity index (χ4v) is 1.89. The smallest absolute Gasteiger partial charge is 0.123 e. The van der Waals surface area contributed by atoms with Gasteiger partial charge in [-0.2, -0.15) is 0 Å². The van der Waals surface area contributed by atoms with Crippen LogP contribution in [0.5, 0.6) is 5.75 Å². The molecule has 1 aromatic carbocycles. The van der Waals surface area contributed by atoms with Gasteiger partial charge in [-0.05, 0) is 32.5 Å². The van der Waals surface area contributed by atoms with Crippen molar-refractivity contribution in [1.82, 2.24) is 4.90 Å². The lowest BCUT2D eigenvalue weighted by atomic mass is 10.1. The second-order valence-corrected chi connectivity index (χ2v) is 5.01. The third-order valence-electron chi connectivity index (χ3n) is 2.95. The lowest BCUT2D eigenvalue weighted by Crippen LogP contribution is -2.24. The lowest BCUT2D eigenvalue weighted by molar-refractivity contribution is 0.0627. The Bertz CT molecular complexity index is 380. The fourth-order valence-electron chi connectivity index (χ4n) is 1.89. The number of nitrogens with zero attached hydrogens (tertiary/aromatic N) is 1. The van der Waals surface area contributed by atoms with Crippen LogP contribution in [0.25, 0.3) is 0 Å². The molecule has 0 heterocycles. The van der Waals surface area contributed by atoms with Crippen LogP contribution in [0.3, 0.4) is 0 Å². The fraction of sp³-hybridized carbons (Fsp3) is 0.600. The van der Waals surface area contributed by atoms with Crippen molar-refractivity contribution in [2.75, 3.05) is 27.3 Å². The highest BCUT2D eigenvalue weighted by molar-refractivity contribution is 5.37. The molecule has 0 aromatic heterocycles. The van der Waals surface area contributed by atoms with E-state index in [-0.39, 0.29) is 6.10 Å². The third-order valence-corrected chi connectivity index (χ3v) is 2.95. The number of hydrogen-bond donors (Lipinski definition) is 1. The molecule has 19 heavy (non-hydrogen) atoms. The van der Waals surface area contributed by atoms with E-state index in [1.807, 2.05) is 6.07 Å². The molecule has 0 unspecified atom stereocenters. The zero-order chi connectivity index (χ0) is 14.3. The maximum atomic E-state index is 5.66. The van der Waals surface area contributed by atoms with Crippen LogP contribution < -0.4 is 10.5 Å². The van der Waals surface area contributed by atoms with Gasteiger partial charge in [0.25, 0.3) is 0 Å². The van der Waals surface area contributed by atoms with Gasteiger partial charge < -0.3 is 15.2 Å². The van der Waals surface area contributed by atoms with Crippen LogP contribution in [0.4, 0.5) is 0 Å². The standard InChI is InChI=1S/C15H26N2O2/c1-12(2)19-8-7-17(3)11-13-5-6-14(10-16)15(9-13)18-4/h5-6,9,12H,7-8,10-11,16H2,1-4H3. The Morgan fingerprint density at radius 1 is 1.32 bits per heavy atom. The van der Waals surface area contributed by atoms with Crippen molar-refractivity contribution in [2.45, 2.75) is 33.0 Å². The summed E-state index contributed by atoms with van der Waals surface area (Å²) in [5.41, 5.74) is 7.93. The first-order valence-electron chi connectivity index (χ1n) is 6.72. The van der Waals surface area contributed by atoms with E-state index in [9.17, 15) is 0 Å². The maximum absolute atomic E-state index is 5.66. The Morgan fingerprint density at radius 2 is 2.05 bits per heavy atom. The Balaban J connectivity index is 2.52. The van der Waals surface area contributed by atoms with Crippen molar-refractivity contribution in [3.05, 3.63) is 29.3 Å². The minimum atomic E-state index is 0.289. The molecule has 1 aromatic rings. The molecule has 0 radical (unpaired) electrons. The van der Waals surface area contributed by atoms with Crippen molar-refractivity contribution in [3.8, 4) is 5.75 Å². The molecule has 1 rings (SSSR count). The Kier molecular flexibility index (Phi) is 6.84. The van der Waals surface area contributed by atoms with E-state index in [0.29, 0.717) is 6.54 Å². The molecule has 4 nitrogen and oxygen atoms in total. The molecule has 2 N–H and O–H groups in total. The molecular weight excluding hydrogens is 240 g/mol. The van der Waals surface area contributed by atoms with E-state index in [0.717, 1.165) is 31.0 Å². The monoisotopic (exact) mass is 266 g/mol. The van der Waals surface area contributed by atoms with E-state index in [4.69, 9.17) is 15.2 Å². The van der Waals surface area contributed by atoms with Crippen LogP contribution in [-0.2, 0) is 17.8 Å². The van der Waals surface area contributed by atoms with Crippen molar-refractivity contribution in [1.29, 1.82) is 0 Å². The Hall–Kier alpha value is -1.10. The topological polar surface area (TPSA) is 47.7 Å². The number of rotatable bonds is 8. The predicted molar refractivity (Wildman–Crippen MR) is 78.3 cm³/mol. The molecule has 4 heteroatoms. The average molecular weight is 266 g/mol. The molecule has 0 spiro atoms. The predicted octanol–water partition coefficient (Wildman–Crippen LogP) is 2.01. The van der Waals surface area contributed by atoms with E-state index in [2.05, 4.69) is 37.9 Å². The number of hydrogen-bond acceptors (Lipinski definition) is 4. The van der Waals surface area contributed by atoms with E-state index < -0.39 is 0 Å². The van der Waals surface area contributed by atoms with Crippen molar-refractivity contribution >= 4 is 0 Å². The summed E-state index contributed by atoms with van der Waals surface area (Å²) >= 11 is 0. The van der Waals surface area contributed by atoms with Gasteiger partial charge in [0, 0.05) is 25.2 Å². The average Bonchev–Trinajstić information content (AvgIpc) is 2.38. The first kappa shape index (κ1) is 16.0. The summed E-state index contributed by atoms with van der Waals surface area (Å²) in [7, 11) is 3.77. The first-order chi connectivity index (χ1) is 9.06. The zero-order valence-electron chi connectivity index (χ0n) is 12.5. The molecule has 108 valence electrons. The van der Waals surface area contributed by atoms with Gasteiger partial charge in [-0.3, -0.25) is 4.90 Å². The zero-order valence-corrected chi connectivity index (χ0v) is 12.5. The van der Waals surface area contributed by atoms with Gasteiger partial charge in [-0.15, -0.1) is 0 Å². The van der Waals surface area contributed by atoms with E-state index >= 15 is 0 Å². The summed E-state index contributed by atoms with van der Waals surface area (Å²) in [4.78, 5) is 2.24. The number of likely N-dealkylation sites (N-methyl/N-ethyl adjacent to an activating group) is 1. The van der Waals surface area contributed by atoms with Gasteiger partial charge in [0.05, 0.1) is 19.8 Å². The molecule has 0 fully saturated rings. The van der Waals surface area contributed by atoms with E-state index in [1.165, 1.54) is 5.56 Å². The third kappa shape index (κ3) is 5.59. The van der Waals surface area contributed by atoms with Gasteiger partial charge in [-0.1, -0.05) is 12.1 Å². The quantitative estimate of drug-likeness (QED) is 0.782. The summed E-state index contributed by atoms with van der Waals surface area (Å²) in [6, 6.07) is 6.19. The highest BCUT2D eigenvalue weighted by atomic mass is 16.5. The summed E-state index contributed by atoms with van der Waals surface area (Å²) < 4.78 is 10.9. The normalized spacial score (nSPS) is 11.3. The number of nitrogens with two attached hydrogens (primary N) is 1. The lowest BCUT2D eigenvalue weighted by Gasteiger charge is -2.18. The minimum absolute atomic E-state index is 0.289. The van der Waals surface area contributed by atoms with Gasteiger partial charge >= 0.3 is 0 Å². The summed E-state index contributed by atoms with van der Waals surface area (Å²) in [6.07, 6.45) is 0.289. The van der Waals surface area contributed by atoms with Gasteiger partial charge in [0.2, 0.25) is 0 Å². The molecule has 0 atom stereocenters. The van der Waals surface area contributed by atoms with E-state index in [1.54, 1.807) is 7.11 Å². The number of benzene rings is 1. The summed E-state index contributed by atoms with van der Waals surface area (Å²) in [6.45, 7) is 7.16. The molecule has 0 amide bonds. The molecule has 0 saturated heterocycles. The minimum Gasteiger partial charge on any atom is -0.496 e. The van der Waals surface area contributed by atoms with Crippen LogP contribution >= 0.6 is 0 Å². The molecule has 0 aliphatic rings. The molecule has 0 aliphatic carbocycles. The first-order valence-corrected chi connectivity index (χ1v) is 6.72. The SMILES string of the molecule is COc1cc(CN(C)CCOC(C)C)ccc1CN. The number of ether oxygens (including phenoxy) is 2. The van der Waals surface area contributed by atoms with Crippen LogP contribution in [0.15, 0.2) is 18.2 Å². The highest BCUT2D eigenvalue weighted by Gasteiger charge is 2.06. The van der Waals surface area contributed by atoms with Gasteiger partial charge in [0.15, 0.2) is 0 Å². The summed E-state index contributed by atoms with van der Waals surface area (Å²) in [5.74, 6) is 0.867. The Morgan fingerprint density at radius 3 is 2.63 bits per heavy atom. The molecule has 0 aliphatic heterocycles. The van der Waals surface area contributed by atoms with Crippen LogP contribution in [0.2, 0.25) is 0 Å². The number of methoxy groups -OCH3 is 1. The molecular formula is C15H26N2O2. The van der Waals surface area contributed by atoms with Gasteiger partial charge in [-0.25, -0.2) is 0 Å². The maximum Gasteiger partial charge on any atom is 0.123 e. The van der Waals surface area contributed by atoms with Crippen molar-refractivity contribution in [2.24, 2.45) is 5.73 Å². The van der Waals surface area contributed by atoms with Crippen molar-refractivity contribution in [3.63, 3.8) is 0 Å². The second-order valence-electron chi connectivity index (χ2n) is 5.01. The summed E-state index contributed by atoms with van der Waals surface area (Å²) in [5, 5.41) is 0. The highest BCUT2D eigenvalue weighted by Crippen LogP contribution is 2.20. The Labute approximate surface area is 116 Å².